The molecule has 3 N–H and O–H groups in total. The van der Waals surface area contributed by atoms with Gasteiger partial charge in [-0.05, 0) is 25.0 Å². The lowest BCUT2D eigenvalue weighted by Crippen LogP contribution is -2.32. The van der Waals surface area contributed by atoms with Gasteiger partial charge in [0.15, 0.2) is 0 Å². The van der Waals surface area contributed by atoms with Gasteiger partial charge in [-0.2, -0.15) is 0 Å². The van der Waals surface area contributed by atoms with E-state index >= 15 is 0 Å². The minimum Gasteiger partial charge on any atom is -0.497 e. The van der Waals surface area contributed by atoms with E-state index in [0.29, 0.717) is 30.0 Å². The van der Waals surface area contributed by atoms with E-state index < -0.39 is 0 Å². The van der Waals surface area contributed by atoms with Crippen LogP contribution in [0.1, 0.15) is 29.6 Å². The Hall–Kier alpha value is -2.24. The molecule has 1 fully saturated rings. The number of nitrogens with one attached hydrogen (secondary N) is 1. The van der Waals surface area contributed by atoms with Crippen molar-refractivity contribution < 1.29 is 14.3 Å². The number of nitrogens with zero attached hydrogens (tertiary/aromatic N) is 1. The normalized spacial score (nSPS) is 14.0. The summed E-state index contributed by atoms with van der Waals surface area (Å²) >= 11 is 0. The smallest absolute Gasteiger partial charge is 0.253 e. The van der Waals surface area contributed by atoms with Crippen molar-refractivity contribution in [1.82, 2.24) is 10.2 Å². The molecule has 114 valence electrons. The fourth-order valence-electron chi connectivity index (χ4n) is 2.38. The van der Waals surface area contributed by atoms with Crippen LogP contribution in [0.3, 0.4) is 0 Å². The number of methoxy groups -OCH3 is 1. The van der Waals surface area contributed by atoms with Crippen molar-refractivity contribution in [2.24, 2.45) is 0 Å². The summed E-state index contributed by atoms with van der Waals surface area (Å²) in [7, 11) is 1.54. The molecule has 0 aromatic heterocycles. The molecule has 0 atom stereocenters. The molecule has 0 radical (unpaired) electrons. The Kier molecular flexibility index (Phi) is 5.03. The quantitative estimate of drug-likeness (QED) is 0.793. The number of nitrogens with two attached hydrogens (primary N) is 1. The van der Waals surface area contributed by atoms with Crippen molar-refractivity contribution in [3.8, 4) is 5.75 Å². The van der Waals surface area contributed by atoms with Crippen LogP contribution < -0.4 is 15.8 Å². The minimum absolute atomic E-state index is 0.0931. The van der Waals surface area contributed by atoms with Gasteiger partial charge in [0.1, 0.15) is 5.75 Å². The molecule has 0 spiro atoms. The summed E-state index contributed by atoms with van der Waals surface area (Å²) in [5, 5.41) is 2.72. The molecular formula is C15H21N3O3. The predicted octanol–water partition coefficient (Wildman–Crippen LogP) is 1.02. The second-order valence-electron chi connectivity index (χ2n) is 5.05. The van der Waals surface area contributed by atoms with Gasteiger partial charge >= 0.3 is 0 Å². The van der Waals surface area contributed by atoms with E-state index in [9.17, 15) is 9.59 Å². The van der Waals surface area contributed by atoms with Crippen LogP contribution in [-0.4, -0.2) is 43.5 Å². The topological polar surface area (TPSA) is 84.7 Å². The summed E-state index contributed by atoms with van der Waals surface area (Å²) in [6, 6.07) is 4.90. The number of carbonyl (C=O) groups excluding carboxylic acids is 2. The number of hydrogen-bond acceptors (Lipinski definition) is 4. The number of likely N-dealkylation sites (tertiary alicyclic amines) is 1. The van der Waals surface area contributed by atoms with Crippen molar-refractivity contribution in [2.45, 2.75) is 19.3 Å². The van der Waals surface area contributed by atoms with Crippen LogP contribution in [0.15, 0.2) is 18.2 Å². The maximum absolute atomic E-state index is 12.0. The molecule has 1 aliphatic heterocycles. The van der Waals surface area contributed by atoms with Crippen molar-refractivity contribution >= 4 is 17.5 Å². The number of ether oxygens (including phenoxy) is 1. The first-order valence-electron chi connectivity index (χ1n) is 7.11. The lowest BCUT2D eigenvalue weighted by atomic mass is 10.1. The largest absolute Gasteiger partial charge is 0.497 e. The summed E-state index contributed by atoms with van der Waals surface area (Å²) in [6.07, 6.45) is 2.46. The molecular weight excluding hydrogens is 270 g/mol. The Morgan fingerprint density at radius 2 is 2.05 bits per heavy atom. The maximum atomic E-state index is 12.0. The minimum atomic E-state index is -0.274. The highest BCUT2D eigenvalue weighted by Crippen LogP contribution is 2.19. The average molecular weight is 291 g/mol. The van der Waals surface area contributed by atoms with Crippen LogP contribution in [0.25, 0.3) is 0 Å². The predicted molar refractivity (Wildman–Crippen MR) is 80.2 cm³/mol. The number of hydrogen-bond donors (Lipinski definition) is 2. The molecule has 1 saturated heterocycles. The fraction of sp³-hybridized carbons (Fsp3) is 0.467. The maximum Gasteiger partial charge on any atom is 0.253 e. The molecule has 1 aromatic rings. The van der Waals surface area contributed by atoms with Crippen LogP contribution in [0.2, 0.25) is 0 Å². The van der Waals surface area contributed by atoms with E-state index in [0.717, 1.165) is 25.9 Å². The molecule has 1 heterocycles. The van der Waals surface area contributed by atoms with Crippen molar-refractivity contribution in [3.63, 3.8) is 0 Å². The first-order chi connectivity index (χ1) is 10.1. The summed E-state index contributed by atoms with van der Waals surface area (Å²) in [4.78, 5) is 25.7. The fourth-order valence-corrected chi connectivity index (χ4v) is 2.38. The zero-order valence-electron chi connectivity index (χ0n) is 12.2. The average Bonchev–Trinajstić information content (AvgIpc) is 3.01. The monoisotopic (exact) mass is 291 g/mol. The van der Waals surface area contributed by atoms with Crippen molar-refractivity contribution in [2.75, 3.05) is 32.5 Å². The van der Waals surface area contributed by atoms with Crippen molar-refractivity contribution in [3.05, 3.63) is 23.8 Å². The van der Waals surface area contributed by atoms with Gasteiger partial charge < -0.3 is 20.7 Å². The zero-order valence-corrected chi connectivity index (χ0v) is 12.2. The molecule has 0 unspecified atom stereocenters. The lowest BCUT2D eigenvalue weighted by molar-refractivity contribution is -0.129. The number of anilines is 1. The molecule has 0 saturated carbocycles. The molecule has 6 nitrogen and oxygen atoms in total. The second-order valence-corrected chi connectivity index (χ2v) is 5.05. The lowest BCUT2D eigenvalue weighted by Gasteiger charge is -2.15. The van der Waals surface area contributed by atoms with Crippen LogP contribution >= 0.6 is 0 Å². The summed E-state index contributed by atoms with van der Waals surface area (Å²) in [5.41, 5.74) is 6.56. The third-order valence-electron chi connectivity index (χ3n) is 3.59. The van der Waals surface area contributed by atoms with Crippen molar-refractivity contribution in [1.29, 1.82) is 0 Å². The molecule has 0 bridgehead atoms. The van der Waals surface area contributed by atoms with Crippen LogP contribution in [0.5, 0.6) is 5.75 Å². The molecule has 2 rings (SSSR count). The SMILES string of the molecule is COc1ccc(C(=O)NCCC(=O)N2CCCC2)c(N)c1. The molecule has 1 aromatic carbocycles. The third kappa shape index (κ3) is 3.87. The van der Waals surface area contributed by atoms with E-state index in [2.05, 4.69) is 5.32 Å². The second kappa shape index (κ2) is 6.97. The molecule has 2 amide bonds. The van der Waals surface area contributed by atoms with Crippen LogP contribution in [0, 0.1) is 0 Å². The first-order valence-corrected chi connectivity index (χ1v) is 7.11. The molecule has 6 heteroatoms. The zero-order chi connectivity index (χ0) is 15.2. The first kappa shape index (κ1) is 15.2. The highest BCUT2D eigenvalue weighted by molar-refractivity contribution is 5.99. The molecule has 1 aliphatic rings. The van der Waals surface area contributed by atoms with Crippen LogP contribution in [0.4, 0.5) is 5.69 Å². The van der Waals surface area contributed by atoms with Gasteiger partial charge in [-0.1, -0.05) is 0 Å². The van der Waals surface area contributed by atoms with Gasteiger partial charge in [0, 0.05) is 37.8 Å². The van der Waals surface area contributed by atoms with Crippen LogP contribution in [-0.2, 0) is 4.79 Å². The van der Waals surface area contributed by atoms with E-state index in [-0.39, 0.29) is 11.8 Å². The molecule has 21 heavy (non-hydrogen) atoms. The highest BCUT2D eigenvalue weighted by atomic mass is 16.5. The third-order valence-corrected chi connectivity index (χ3v) is 3.59. The Labute approximate surface area is 124 Å². The number of nitrogen functional groups attached to an aromatic ring is 1. The van der Waals surface area contributed by atoms with E-state index in [1.807, 2.05) is 4.90 Å². The standard InChI is InChI=1S/C15H21N3O3/c1-21-11-4-5-12(13(16)10-11)15(20)17-7-6-14(19)18-8-2-3-9-18/h4-5,10H,2-3,6-9,16H2,1H3,(H,17,20). The number of benzene rings is 1. The van der Waals surface area contributed by atoms with Gasteiger partial charge in [-0.15, -0.1) is 0 Å². The van der Waals surface area contributed by atoms with Gasteiger partial charge in [0.2, 0.25) is 5.91 Å². The Balaban J connectivity index is 1.83. The highest BCUT2D eigenvalue weighted by Gasteiger charge is 2.18. The summed E-state index contributed by atoms with van der Waals surface area (Å²) in [5.74, 6) is 0.424. The number of carbonyl (C=O) groups is 2. The molecule has 0 aliphatic carbocycles. The van der Waals surface area contributed by atoms with Gasteiger partial charge in [-0.25, -0.2) is 0 Å². The summed E-state index contributed by atoms with van der Waals surface area (Å²) in [6.45, 7) is 1.98. The summed E-state index contributed by atoms with van der Waals surface area (Å²) < 4.78 is 5.04. The Bertz CT molecular complexity index is 525. The number of rotatable bonds is 5. The Morgan fingerprint density at radius 1 is 1.33 bits per heavy atom. The van der Waals surface area contributed by atoms with Gasteiger partial charge in [-0.3, -0.25) is 9.59 Å². The van der Waals surface area contributed by atoms with E-state index in [4.69, 9.17) is 10.5 Å². The van der Waals surface area contributed by atoms with E-state index in [1.54, 1.807) is 25.3 Å². The van der Waals surface area contributed by atoms with Gasteiger partial charge in [0.25, 0.3) is 5.91 Å². The van der Waals surface area contributed by atoms with Gasteiger partial charge in [0.05, 0.1) is 12.7 Å². The Morgan fingerprint density at radius 3 is 2.67 bits per heavy atom. The van der Waals surface area contributed by atoms with E-state index in [1.165, 1.54) is 0 Å². The number of amides is 2.